The molecule has 4 nitrogen and oxygen atoms in total. The fourth-order valence-corrected chi connectivity index (χ4v) is 5.28. The molecule has 1 aromatic heterocycles. The zero-order valence-electron chi connectivity index (χ0n) is 21.9. The van der Waals surface area contributed by atoms with E-state index in [1.54, 1.807) is 0 Å². The van der Waals surface area contributed by atoms with Crippen LogP contribution in [0.5, 0.6) is 17.2 Å². The lowest BCUT2D eigenvalue weighted by Gasteiger charge is -2.16. The number of benzene rings is 5. The summed E-state index contributed by atoms with van der Waals surface area (Å²) in [6, 6.07) is 39.2. The second-order valence-electron chi connectivity index (χ2n) is 9.58. The number of hydrogen-bond acceptors (Lipinski definition) is 4. The molecular formula is C34H27AlNO3. The molecule has 6 aromatic rings. The molecular weight excluding hydrogens is 497 g/mol. The molecule has 0 aliphatic carbocycles. The minimum absolute atomic E-state index is 0.383. The van der Waals surface area contributed by atoms with Crippen LogP contribution in [-0.2, 0) is 10.4 Å². The second kappa shape index (κ2) is 11.3. The standard InChI is InChI=1S/C24H19O2.C10H9NO.Al/c1-17-7-8-20-9-10-21(16-25)24(23(20)15-17)26-22-13-11-19(12-14-22)18-5-3-2-4-6-18;1-7-5-6-8-3-2-4-9(12)10(8)11-7;/h2-15H,16H2,1H3;2-6,12H,1H3;/q-1;;+2/p-1. The van der Waals surface area contributed by atoms with Gasteiger partial charge in [-0.1, -0.05) is 90.5 Å². The molecule has 0 bridgehead atoms. The Hall–Kier alpha value is -4.14. The third-order valence-corrected chi connectivity index (χ3v) is 7.35. The highest BCUT2D eigenvalue weighted by molar-refractivity contribution is 6.20. The van der Waals surface area contributed by atoms with Crippen LogP contribution in [0, 0.1) is 13.8 Å². The van der Waals surface area contributed by atoms with Crippen LogP contribution in [0.2, 0.25) is 0 Å². The second-order valence-corrected chi connectivity index (χ2v) is 10.3. The predicted molar refractivity (Wildman–Crippen MR) is 158 cm³/mol. The van der Waals surface area contributed by atoms with Gasteiger partial charge in [0.2, 0.25) is 0 Å². The minimum Gasteiger partial charge on any atom is -0.624 e. The van der Waals surface area contributed by atoms with E-state index in [1.807, 2.05) is 61.5 Å². The number of rotatable bonds is 8. The lowest BCUT2D eigenvalue weighted by atomic mass is 10.0. The van der Waals surface area contributed by atoms with Crippen molar-refractivity contribution in [3.8, 4) is 28.4 Å². The lowest BCUT2D eigenvalue weighted by molar-refractivity contribution is 0.275. The molecule has 0 amide bonds. The average molecular weight is 525 g/mol. The van der Waals surface area contributed by atoms with Crippen molar-refractivity contribution < 1.29 is 12.3 Å². The summed E-state index contributed by atoms with van der Waals surface area (Å²) in [5.74, 6) is 2.34. The summed E-state index contributed by atoms with van der Waals surface area (Å²) in [5, 5.41) is 3.24. The number of nitrogens with zero attached hydrogens (tertiary/aromatic N) is 1. The van der Waals surface area contributed by atoms with E-state index in [4.69, 9.17) is 12.3 Å². The zero-order chi connectivity index (χ0) is 26.6. The van der Waals surface area contributed by atoms with Crippen molar-refractivity contribution in [3.63, 3.8) is 0 Å². The molecule has 0 aliphatic rings. The van der Waals surface area contributed by atoms with Gasteiger partial charge in [-0.15, -0.1) is 0 Å². The monoisotopic (exact) mass is 524 g/mol. The van der Waals surface area contributed by atoms with Gasteiger partial charge in [0.15, 0.2) is 0 Å². The summed E-state index contributed by atoms with van der Waals surface area (Å²) in [4.78, 5) is 4.65. The molecule has 5 aromatic carbocycles. The van der Waals surface area contributed by atoms with Gasteiger partial charge < -0.3 is 12.3 Å². The van der Waals surface area contributed by atoms with E-state index in [0.29, 0.717) is 6.61 Å². The van der Waals surface area contributed by atoms with E-state index >= 15 is 0 Å². The maximum Gasteiger partial charge on any atom is 0.774 e. The number of aromatic nitrogens is 1. The minimum atomic E-state index is -0.743. The summed E-state index contributed by atoms with van der Waals surface area (Å²) in [7, 11) is 0. The first-order chi connectivity index (χ1) is 19.1. The highest BCUT2D eigenvalue weighted by atomic mass is 27.2. The number of para-hydroxylation sites is 1. The molecule has 6 rings (SSSR count). The van der Waals surface area contributed by atoms with Gasteiger partial charge in [-0.3, -0.25) is 0 Å². The number of fused-ring (bicyclic) bond motifs is 2. The first-order valence-electron chi connectivity index (χ1n) is 13.0. The molecule has 0 fully saturated rings. The zero-order valence-corrected chi connectivity index (χ0v) is 23.1. The lowest BCUT2D eigenvalue weighted by Crippen LogP contribution is -2.09. The van der Waals surface area contributed by atoms with Crippen molar-refractivity contribution >= 4 is 37.6 Å². The third-order valence-electron chi connectivity index (χ3n) is 6.69. The van der Waals surface area contributed by atoms with Gasteiger partial charge in [0.05, 0.1) is 0 Å². The van der Waals surface area contributed by atoms with Gasteiger partial charge in [-0.2, -0.15) is 0 Å². The molecule has 0 saturated heterocycles. The smallest absolute Gasteiger partial charge is 0.624 e. The van der Waals surface area contributed by atoms with Crippen LogP contribution >= 0.6 is 0 Å². The molecule has 189 valence electrons. The summed E-state index contributed by atoms with van der Waals surface area (Å²) >= 11 is -0.743. The van der Waals surface area contributed by atoms with Gasteiger partial charge in [-0.05, 0) is 60.7 Å². The largest absolute Gasteiger partial charge is 0.774 e. The molecule has 0 unspecified atom stereocenters. The average Bonchev–Trinajstić information content (AvgIpc) is 2.97. The van der Waals surface area contributed by atoms with E-state index in [1.165, 1.54) is 11.1 Å². The van der Waals surface area contributed by atoms with Gasteiger partial charge in [0, 0.05) is 28.6 Å². The Balaban J connectivity index is 1.23. The van der Waals surface area contributed by atoms with Crippen LogP contribution in [0.25, 0.3) is 32.8 Å². The summed E-state index contributed by atoms with van der Waals surface area (Å²) < 4.78 is 18.7. The van der Waals surface area contributed by atoms with Crippen LogP contribution in [-0.4, -0.2) is 20.9 Å². The third kappa shape index (κ3) is 5.67. The van der Waals surface area contributed by atoms with Crippen molar-refractivity contribution in [2.45, 2.75) is 20.5 Å². The number of pyridine rings is 1. The molecule has 5 heteroatoms. The maximum atomic E-state index is 6.53. The van der Waals surface area contributed by atoms with Crippen molar-refractivity contribution in [2.24, 2.45) is 0 Å². The van der Waals surface area contributed by atoms with E-state index < -0.39 is 15.9 Å². The van der Waals surface area contributed by atoms with Crippen molar-refractivity contribution in [1.82, 2.24) is 4.98 Å². The summed E-state index contributed by atoms with van der Waals surface area (Å²) in [6.45, 7) is 4.46. The number of ether oxygens (including phenoxy) is 1. The molecule has 0 spiro atoms. The number of aryl methyl sites for hydroxylation is 2. The van der Waals surface area contributed by atoms with Crippen molar-refractivity contribution in [3.05, 3.63) is 132 Å². The Morgan fingerprint density at radius 1 is 0.692 bits per heavy atom. The first kappa shape index (κ1) is 25.2. The summed E-state index contributed by atoms with van der Waals surface area (Å²) in [6.07, 6.45) is 0. The summed E-state index contributed by atoms with van der Waals surface area (Å²) in [5.41, 5.74) is 6.30. The van der Waals surface area contributed by atoms with E-state index in [0.717, 1.165) is 55.7 Å². The molecule has 1 heterocycles. The molecule has 0 aliphatic heterocycles. The van der Waals surface area contributed by atoms with Crippen molar-refractivity contribution in [1.29, 1.82) is 0 Å². The van der Waals surface area contributed by atoms with Gasteiger partial charge in [0.1, 0.15) is 22.8 Å². The molecule has 0 saturated carbocycles. The molecule has 0 atom stereocenters. The van der Waals surface area contributed by atoms with Crippen LogP contribution in [0.1, 0.15) is 16.8 Å². The van der Waals surface area contributed by atoms with Crippen molar-refractivity contribution in [2.75, 3.05) is 0 Å². The van der Waals surface area contributed by atoms with E-state index in [9.17, 15) is 0 Å². The Bertz CT molecular complexity index is 1750. The van der Waals surface area contributed by atoms with E-state index in [-0.39, 0.29) is 0 Å². The van der Waals surface area contributed by atoms with Crippen LogP contribution in [0.3, 0.4) is 0 Å². The molecule has 1 radical (unpaired) electrons. The normalized spacial score (nSPS) is 11.0. The maximum absolute atomic E-state index is 6.53. The Kier molecular flexibility index (Phi) is 7.30. The fourth-order valence-electron chi connectivity index (χ4n) is 4.67. The topological polar surface area (TPSA) is 40.6 Å². The van der Waals surface area contributed by atoms with Crippen LogP contribution in [0.4, 0.5) is 0 Å². The Morgan fingerprint density at radius 3 is 2.31 bits per heavy atom. The first-order valence-corrected chi connectivity index (χ1v) is 13.9. The van der Waals surface area contributed by atoms with Crippen LogP contribution < -0.4 is 8.53 Å². The van der Waals surface area contributed by atoms with Gasteiger partial charge >= 0.3 is 15.9 Å². The van der Waals surface area contributed by atoms with Crippen LogP contribution in [0.15, 0.2) is 115 Å². The highest BCUT2D eigenvalue weighted by Gasteiger charge is 2.14. The Labute approximate surface area is 235 Å². The fraction of sp³-hybridized carbons (Fsp3) is 0.0882. The molecule has 0 N–H and O–H groups in total. The van der Waals surface area contributed by atoms with Gasteiger partial charge in [0.25, 0.3) is 0 Å². The SMILES string of the molecule is Cc1ccc2ccc(C[O][Al][O]c3cccc4ccc(C)nc34)c(Oc3ccc(-c4ccccc4)cc3)c2c1. The highest BCUT2D eigenvalue weighted by Crippen LogP contribution is 2.35. The van der Waals surface area contributed by atoms with Gasteiger partial charge in [-0.25, -0.2) is 4.98 Å². The Morgan fingerprint density at radius 2 is 1.46 bits per heavy atom. The number of hydrogen-bond donors (Lipinski definition) is 0. The quantitative estimate of drug-likeness (QED) is 0.148. The van der Waals surface area contributed by atoms with E-state index in [2.05, 4.69) is 72.6 Å². The predicted octanol–water partition coefficient (Wildman–Crippen LogP) is 8.59. The molecule has 39 heavy (non-hydrogen) atoms.